The SMILES string of the molecule is Cc1cn([C@@H]2CN(C(=O)CCCn3c(C(C)C)nc4ccccc43)CC[C@@]2(C)O)c(=O)[nH]c1=O. The van der Waals surface area contributed by atoms with E-state index >= 15 is 0 Å². The van der Waals surface area contributed by atoms with Gasteiger partial charge in [0.1, 0.15) is 5.82 Å². The zero-order valence-corrected chi connectivity index (χ0v) is 20.2. The minimum absolute atomic E-state index is 0.00906. The molecule has 182 valence electrons. The highest BCUT2D eigenvalue weighted by Crippen LogP contribution is 2.31. The van der Waals surface area contributed by atoms with E-state index in [0.29, 0.717) is 37.9 Å². The Bertz CT molecular complexity index is 1320. The number of imidazole rings is 1. The summed E-state index contributed by atoms with van der Waals surface area (Å²) >= 11 is 0. The van der Waals surface area contributed by atoms with Crippen LogP contribution in [0.25, 0.3) is 11.0 Å². The van der Waals surface area contributed by atoms with Gasteiger partial charge in [-0.05, 0) is 38.8 Å². The fraction of sp³-hybridized carbons (Fsp3) is 0.520. The van der Waals surface area contributed by atoms with Crippen molar-refractivity contribution in [1.82, 2.24) is 24.0 Å². The van der Waals surface area contributed by atoms with Gasteiger partial charge < -0.3 is 14.6 Å². The van der Waals surface area contributed by atoms with Gasteiger partial charge >= 0.3 is 5.69 Å². The minimum atomic E-state index is -1.17. The number of carbonyl (C=O) groups excluding carboxylic acids is 1. The molecule has 1 amide bonds. The Balaban J connectivity index is 1.47. The van der Waals surface area contributed by atoms with Crippen molar-refractivity contribution >= 4 is 16.9 Å². The van der Waals surface area contributed by atoms with Gasteiger partial charge in [-0.3, -0.25) is 19.1 Å². The van der Waals surface area contributed by atoms with Gasteiger partial charge in [-0.2, -0.15) is 0 Å². The third kappa shape index (κ3) is 4.57. The highest BCUT2D eigenvalue weighted by atomic mass is 16.3. The monoisotopic (exact) mass is 467 g/mol. The van der Waals surface area contributed by atoms with Gasteiger partial charge in [0, 0.05) is 43.7 Å². The first-order chi connectivity index (χ1) is 16.1. The fourth-order valence-corrected chi connectivity index (χ4v) is 4.77. The van der Waals surface area contributed by atoms with Crippen LogP contribution in [0.2, 0.25) is 0 Å². The van der Waals surface area contributed by atoms with Crippen LogP contribution in [0.1, 0.15) is 63.4 Å². The van der Waals surface area contributed by atoms with Crippen LogP contribution in [0.5, 0.6) is 0 Å². The number of aliphatic hydroxyl groups is 1. The first kappa shape index (κ1) is 23.9. The summed E-state index contributed by atoms with van der Waals surface area (Å²) in [7, 11) is 0. The van der Waals surface area contributed by atoms with Gasteiger partial charge in [-0.25, -0.2) is 9.78 Å². The Morgan fingerprint density at radius 1 is 1.29 bits per heavy atom. The Labute approximate surface area is 198 Å². The molecule has 9 nitrogen and oxygen atoms in total. The largest absolute Gasteiger partial charge is 0.388 e. The number of aryl methyl sites for hydroxylation is 2. The standard InChI is InChI=1S/C25H33N5O4/c1-16(2)22-26-18-8-5-6-9-19(18)29(22)12-7-10-21(31)28-13-11-25(4,34)20(15-28)30-14-17(3)23(32)27-24(30)33/h5-6,8-9,14,16,20,34H,7,10-13,15H2,1-4H3,(H,27,32,33)/t20-,25-/m1/s1. The molecule has 1 aliphatic heterocycles. The predicted octanol–water partition coefficient (Wildman–Crippen LogP) is 2.32. The topological polar surface area (TPSA) is 113 Å². The summed E-state index contributed by atoms with van der Waals surface area (Å²) in [6.45, 7) is 8.83. The maximum Gasteiger partial charge on any atom is 0.328 e. The Morgan fingerprint density at radius 3 is 2.76 bits per heavy atom. The first-order valence-electron chi connectivity index (χ1n) is 11.9. The molecule has 1 aliphatic rings. The van der Waals surface area contributed by atoms with Crippen LogP contribution in [-0.4, -0.2) is 53.7 Å². The molecule has 2 N–H and O–H groups in total. The number of amides is 1. The van der Waals surface area contributed by atoms with Gasteiger partial charge in [-0.1, -0.05) is 26.0 Å². The molecule has 4 rings (SSSR count). The number of piperidine rings is 1. The highest BCUT2D eigenvalue weighted by Gasteiger charge is 2.40. The molecule has 34 heavy (non-hydrogen) atoms. The summed E-state index contributed by atoms with van der Waals surface area (Å²) in [5.74, 6) is 1.27. The second-order valence-electron chi connectivity index (χ2n) is 9.81. The zero-order chi connectivity index (χ0) is 24.6. The van der Waals surface area contributed by atoms with Gasteiger partial charge in [0.05, 0.1) is 22.7 Å². The molecule has 9 heteroatoms. The number of aromatic nitrogens is 4. The number of para-hydroxylation sites is 2. The quantitative estimate of drug-likeness (QED) is 0.578. The van der Waals surface area contributed by atoms with Crippen LogP contribution in [0.3, 0.4) is 0 Å². The molecule has 0 spiro atoms. The number of benzene rings is 1. The van der Waals surface area contributed by atoms with Crippen molar-refractivity contribution < 1.29 is 9.90 Å². The van der Waals surface area contributed by atoms with Crippen LogP contribution in [0.4, 0.5) is 0 Å². The molecule has 3 heterocycles. The van der Waals surface area contributed by atoms with E-state index in [2.05, 4.69) is 29.5 Å². The number of fused-ring (bicyclic) bond motifs is 1. The van der Waals surface area contributed by atoms with Crippen LogP contribution >= 0.6 is 0 Å². The molecule has 1 fully saturated rings. The van der Waals surface area contributed by atoms with Crippen LogP contribution in [0, 0.1) is 6.92 Å². The number of H-pyrrole nitrogens is 1. The van der Waals surface area contributed by atoms with Crippen LogP contribution < -0.4 is 11.2 Å². The molecule has 2 aromatic heterocycles. The summed E-state index contributed by atoms with van der Waals surface area (Å²) in [6, 6.07) is 7.39. The van der Waals surface area contributed by atoms with Gasteiger partial charge in [0.25, 0.3) is 5.56 Å². The first-order valence-corrected chi connectivity index (χ1v) is 11.9. The van der Waals surface area contributed by atoms with Gasteiger partial charge in [0.15, 0.2) is 0 Å². The lowest BCUT2D eigenvalue weighted by Crippen LogP contribution is -2.55. The number of likely N-dealkylation sites (tertiary alicyclic amines) is 1. The average molecular weight is 468 g/mol. The van der Waals surface area contributed by atoms with Crippen molar-refractivity contribution in [2.75, 3.05) is 13.1 Å². The van der Waals surface area contributed by atoms with E-state index in [0.717, 1.165) is 16.9 Å². The van der Waals surface area contributed by atoms with E-state index in [9.17, 15) is 19.5 Å². The molecule has 0 radical (unpaired) electrons. The van der Waals surface area contributed by atoms with Crippen LogP contribution in [-0.2, 0) is 11.3 Å². The Kier molecular flexibility index (Phi) is 6.49. The van der Waals surface area contributed by atoms with E-state index in [1.165, 1.54) is 10.8 Å². The summed E-state index contributed by atoms with van der Waals surface area (Å²) < 4.78 is 3.54. The number of nitrogens with one attached hydrogen (secondary N) is 1. The number of nitrogens with zero attached hydrogens (tertiary/aromatic N) is 4. The van der Waals surface area contributed by atoms with Gasteiger partial charge in [-0.15, -0.1) is 0 Å². The van der Waals surface area contributed by atoms with Crippen molar-refractivity contribution in [2.45, 2.75) is 71.1 Å². The lowest BCUT2D eigenvalue weighted by Gasteiger charge is -2.43. The smallest absolute Gasteiger partial charge is 0.328 e. The molecule has 2 atom stereocenters. The molecule has 0 unspecified atom stereocenters. The summed E-state index contributed by atoms with van der Waals surface area (Å²) in [5.41, 5.74) is 0.210. The lowest BCUT2D eigenvalue weighted by molar-refractivity contribution is -0.138. The summed E-state index contributed by atoms with van der Waals surface area (Å²) in [6.07, 6.45) is 2.83. The van der Waals surface area contributed by atoms with Crippen molar-refractivity contribution in [2.24, 2.45) is 0 Å². The Morgan fingerprint density at radius 2 is 2.03 bits per heavy atom. The number of carbonyl (C=O) groups is 1. The minimum Gasteiger partial charge on any atom is -0.388 e. The van der Waals surface area contributed by atoms with E-state index in [4.69, 9.17) is 4.98 Å². The average Bonchev–Trinajstić information content (AvgIpc) is 3.15. The van der Waals surface area contributed by atoms with E-state index in [-0.39, 0.29) is 18.4 Å². The number of rotatable bonds is 6. The second kappa shape index (κ2) is 9.21. The fourth-order valence-electron chi connectivity index (χ4n) is 4.77. The van der Waals surface area contributed by atoms with Crippen LogP contribution in [0.15, 0.2) is 40.1 Å². The van der Waals surface area contributed by atoms with E-state index < -0.39 is 22.9 Å². The Hall–Kier alpha value is -3.20. The predicted molar refractivity (Wildman–Crippen MR) is 130 cm³/mol. The molecule has 3 aromatic rings. The van der Waals surface area contributed by atoms with Gasteiger partial charge in [0.2, 0.25) is 5.91 Å². The molecular formula is C25H33N5O4. The third-order valence-corrected chi connectivity index (χ3v) is 6.81. The van der Waals surface area contributed by atoms with E-state index in [1.807, 2.05) is 18.2 Å². The molecular weight excluding hydrogens is 434 g/mol. The molecule has 0 bridgehead atoms. The highest BCUT2D eigenvalue weighted by molar-refractivity contribution is 5.77. The number of hydrogen-bond acceptors (Lipinski definition) is 5. The molecule has 1 saturated heterocycles. The lowest BCUT2D eigenvalue weighted by atomic mass is 9.88. The molecule has 1 aromatic carbocycles. The summed E-state index contributed by atoms with van der Waals surface area (Å²) in [5, 5.41) is 11.0. The van der Waals surface area contributed by atoms with Crippen molar-refractivity contribution in [3.8, 4) is 0 Å². The summed E-state index contributed by atoms with van der Waals surface area (Å²) in [4.78, 5) is 46.1. The molecule has 0 saturated carbocycles. The van der Waals surface area contributed by atoms with Crippen molar-refractivity contribution in [3.63, 3.8) is 0 Å². The maximum atomic E-state index is 13.1. The zero-order valence-electron chi connectivity index (χ0n) is 20.2. The second-order valence-corrected chi connectivity index (χ2v) is 9.81. The van der Waals surface area contributed by atoms with E-state index in [1.54, 1.807) is 18.7 Å². The van der Waals surface area contributed by atoms with Crippen molar-refractivity contribution in [3.05, 3.63) is 62.7 Å². The normalized spacial score (nSPS) is 20.9. The third-order valence-electron chi connectivity index (χ3n) is 6.81. The number of aromatic amines is 1. The van der Waals surface area contributed by atoms with Crippen molar-refractivity contribution in [1.29, 1.82) is 0 Å². The maximum absolute atomic E-state index is 13.1. The number of hydrogen-bond donors (Lipinski definition) is 2. The molecule has 0 aliphatic carbocycles.